The van der Waals surface area contributed by atoms with E-state index in [-0.39, 0.29) is 0 Å². The van der Waals surface area contributed by atoms with Gasteiger partial charge in [0.1, 0.15) is 5.69 Å². The molecule has 0 aromatic carbocycles. The van der Waals surface area contributed by atoms with Crippen LogP contribution in [-0.4, -0.2) is 16.1 Å². The molecule has 1 aromatic heterocycles. The molecular formula is C10H14N2O. The zero-order valence-corrected chi connectivity index (χ0v) is 7.86. The van der Waals surface area contributed by atoms with Crippen LogP contribution in [0.4, 0.5) is 0 Å². The molecule has 13 heavy (non-hydrogen) atoms. The molecule has 0 spiro atoms. The zero-order chi connectivity index (χ0) is 9.26. The van der Waals surface area contributed by atoms with Crippen molar-refractivity contribution in [2.75, 3.05) is 0 Å². The van der Waals surface area contributed by atoms with E-state index in [1.54, 1.807) is 4.68 Å². The molecule has 0 saturated heterocycles. The van der Waals surface area contributed by atoms with E-state index < -0.39 is 0 Å². The molecule has 0 amide bonds. The van der Waals surface area contributed by atoms with Gasteiger partial charge in [0.05, 0.1) is 5.69 Å². The molecule has 1 saturated carbocycles. The molecule has 0 bridgehead atoms. The molecule has 1 aromatic rings. The molecule has 1 aliphatic carbocycles. The maximum Gasteiger partial charge on any atom is 0.168 e. The number of aldehydes is 1. The maximum absolute atomic E-state index is 10.6. The third kappa shape index (κ3) is 1.50. The summed E-state index contributed by atoms with van der Waals surface area (Å²) in [5, 5.41) is 4.35. The van der Waals surface area contributed by atoms with Crippen molar-refractivity contribution < 1.29 is 4.79 Å². The number of aromatic nitrogens is 2. The van der Waals surface area contributed by atoms with E-state index in [2.05, 4.69) is 5.10 Å². The van der Waals surface area contributed by atoms with Gasteiger partial charge in [0, 0.05) is 13.0 Å². The fourth-order valence-corrected chi connectivity index (χ4v) is 2.04. The minimum atomic E-state index is 0.597. The Labute approximate surface area is 77.7 Å². The predicted octanol–water partition coefficient (Wildman–Crippen LogP) is 1.89. The number of nitrogens with zero attached hydrogens (tertiary/aromatic N) is 2. The van der Waals surface area contributed by atoms with Crippen molar-refractivity contribution in [1.82, 2.24) is 9.78 Å². The van der Waals surface area contributed by atoms with Crippen molar-refractivity contribution in [3.8, 4) is 0 Å². The van der Waals surface area contributed by atoms with Gasteiger partial charge in [0.15, 0.2) is 6.29 Å². The van der Waals surface area contributed by atoms with Crippen LogP contribution < -0.4 is 0 Å². The summed E-state index contributed by atoms with van der Waals surface area (Å²) in [6.07, 6.45) is 5.94. The second-order valence-corrected chi connectivity index (χ2v) is 3.72. The quantitative estimate of drug-likeness (QED) is 0.648. The van der Waals surface area contributed by atoms with Crippen molar-refractivity contribution in [3.63, 3.8) is 0 Å². The van der Waals surface area contributed by atoms with Gasteiger partial charge in [-0.15, -0.1) is 0 Å². The molecule has 0 radical (unpaired) electrons. The highest BCUT2D eigenvalue weighted by Gasteiger charge is 2.20. The van der Waals surface area contributed by atoms with Crippen LogP contribution in [0.1, 0.15) is 47.8 Å². The van der Waals surface area contributed by atoms with Crippen LogP contribution in [0.5, 0.6) is 0 Å². The number of aryl methyl sites for hydroxylation is 1. The second kappa shape index (κ2) is 3.32. The van der Waals surface area contributed by atoms with Crippen molar-refractivity contribution in [3.05, 3.63) is 17.5 Å². The van der Waals surface area contributed by atoms with Crippen LogP contribution >= 0.6 is 0 Å². The van der Waals surface area contributed by atoms with Gasteiger partial charge in [-0.1, -0.05) is 12.8 Å². The summed E-state index contributed by atoms with van der Waals surface area (Å²) in [6.45, 7) is 0. The van der Waals surface area contributed by atoms with Crippen molar-refractivity contribution in [2.24, 2.45) is 7.05 Å². The molecule has 1 heterocycles. The fraction of sp³-hybridized carbons (Fsp3) is 0.600. The zero-order valence-electron chi connectivity index (χ0n) is 7.86. The maximum atomic E-state index is 10.6. The standard InChI is InChI=1S/C10H14N2O/c1-12-9(7-13)6-10(11-12)8-4-2-3-5-8/h6-8H,2-5H2,1H3. The lowest BCUT2D eigenvalue weighted by Gasteiger charge is -2.02. The number of carbonyl (C=O) groups excluding carboxylic acids is 1. The molecule has 0 unspecified atom stereocenters. The number of rotatable bonds is 2. The summed E-state index contributed by atoms with van der Waals surface area (Å²) in [7, 11) is 1.82. The highest BCUT2D eigenvalue weighted by Crippen LogP contribution is 2.33. The van der Waals surface area contributed by atoms with Crippen molar-refractivity contribution >= 4 is 6.29 Å². The van der Waals surface area contributed by atoms with E-state index in [0.717, 1.165) is 12.0 Å². The lowest BCUT2D eigenvalue weighted by atomic mass is 10.0. The topological polar surface area (TPSA) is 34.9 Å². The summed E-state index contributed by atoms with van der Waals surface area (Å²) in [6, 6.07) is 1.92. The highest BCUT2D eigenvalue weighted by atomic mass is 16.1. The Bertz CT molecular complexity index is 311. The van der Waals surface area contributed by atoms with Gasteiger partial charge in [-0.05, 0) is 18.9 Å². The van der Waals surface area contributed by atoms with Gasteiger partial charge >= 0.3 is 0 Å². The van der Waals surface area contributed by atoms with Crippen molar-refractivity contribution in [2.45, 2.75) is 31.6 Å². The molecule has 2 rings (SSSR count). The summed E-state index contributed by atoms with van der Waals surface area (Å²) in [4.78, 5) is 10.6. The Hall–Kier alpha value is -1.12. The largest absolute Gasteiger partial charge is 0.296 e. The molecule has 3 heteroatoms. The van der Waals surface area contributed by atoms with Crippen molar-refractivity contribution in [1.29, 1.82) is 0 Å². The van der Waals surface area contributed by atoms with Gasteiger partial charge in [0.2, 0.25) is 0 Å². The molecule has 1 aliphatic rings. The first-order valence-electron chi connectivity index (χ1n) is 4.80. The summed E-state index contributed by atoms with van der Waals surface area (Å²) in [5.74, 6) is 0.597. The number of hydrogen-bond donors (Lipinski definition) is 0. The lowest BCUT2D eigenvalue weighted by Crippen LogP contribution is -1.97. The molecule has 0 aliphatic heterocycles. The molecule has 0 atom stereocenters. The number of carbonyl (C=O) groups is 1. The minimum Gasteiger partial charge on any atom is -0.296 e. The fourth-order valence-electron chi connectivity index (χ4n) is 2.04. The SMILES string of the molecule is Cn1nc(C2CCCC2)cc1C=O. The Balaban J connectivity index is 2.24. The van der Waals surface area contributed by atoms with Gasteiger partial charge in [0.25, 0.3) is 0 Å². The molecule has 1 fully saturated rings. The van der Waals surface area contributed by atoms with E-state index in [1.807, 2.05) is 13.1 Å². The Morgan fingerprint density at radius 3 is 2.77 bits per heavy atom. The Morgan fingerprint density at radius 2 is 2.23 bits per heavy atom. The molecular weight excluding hydrogens is 164 g/mol. The first kappa shape index (κ1) is 8.48. The summed E-state index contributed by atoms with van der Waals surface area (Å²) >= 11 is 0. The van der Waals surface area contributed by atoms with E-state index in [4.69, 9.17) is 0 Å². The monoisotopic (exact) mass is 178 g/mol. The smallest absolute Gasteiger partial charge is 0.168 e. The third-order valence-corrected chi connectivity index (χ3v) is 2.83. The van der Waals surface area contributed by atoms with Crippen LogP contribution in [0, 0.1) is 0 Å². The van der Waals surface area contributed by atoms with Gasteiger partial charge in [-0.25, -0.2) is 0 Å². The van der Waals surface area contributed by atoms with Gasteiger partial charge in [-0.2, -0.15) is 5.10 Å². The van der Waals surface area contributed by atoms with Gasteiger partial charge in [-0.3, -0.25) is 9.48 Å². The van der Waals surface area contributed by atoms with Crippen LogP contribution in [0.25, 0.3) is 0 Å². The van der Waals surface area contributed by atoms with Crippen LogP contribution in [0.3, 0.4) is 0 Å². The van der Waals surface area contributed by atoms with Crippen LogP contribution in [0.2, 0.25) is 0 Å². The van der Waals surface area contributed by atoms with Crippen LogP contribution in [-0.2, 0) is 7.05 Å². The lowest BCUT2D eigenvalue weighted by molar-refractivity contribution is 0.111. The molecule has 70 valence electrons. The number of hydrogen-bond acceptors (Lipinski definition) is 2. The first-order valence-corrected chi connectivity index (χ1v) is 4.80. The predicted molar refractivity (Wildman–Crippen MR) is 49.8 cm³/mol. The Morgan fingerprint density at radius 1 is 1.54 bits per heavy atom. The summed E-state index contributed by atoms with van der Waals surface area (Å²) in [5.41, 5.74) is 1.78. The summed E-state index contributed by atoms with van der Waals surface area (Å²) < 4.78 is 1.67. The normalized spacial score (nSPS) is 17.9. The van der Waals surface area contributed by atoms with E-state index in [9.17, 15) is 4.79 Å². The Kier molecular flexibility index (Phi) is 2.17. The molecule has 3 nitrogen and oxygen atoms in total. The van der Waals surface area contributed by atoms with E-state index >= 15 is 0 Å². The minimum absolute atomic E-state index is 0.597. The molecule has 0 N–H and O–H groups in total. The highest BCUT2D eigenvalue weighted by molar-refractivity contribution is 5.72. The first-order chi connectivity index (χ1) is 6.31. The van der Waals surface area contributed by atoms with Gasteiger partial charge < -0.3 is 0 Å². The average Bonchev–Trinajstić information content (AvgIpc) is 2.71. The second-order valence-electron chi connectivity index (χ2n) is 3.72. The average molecular weight is 178 g/mol. The van der Waals surface area contributed by atoms with E-state index in [1.165, 1.54) is 25.7 Å². The van der Waals surface area contributed by atoms with E-state index in [0.29, 0.717) is 11.6 Å². The third-order valence-electron chi connectivity index (χ3n) is 2.83. The van der Waals surface area contributed by atoms with Crippen LogP contribution in [0.15, 0.2) is 6.07 Å².